The van der Waals surface area contributed by atoms with Crippen molar-refractivity contribution in [1.29, 1.82) is 0 Å². The third-order valence-corrected chi connectivity index (χ3v) is 18.4. The number of ether oxygens (including phenoxy) is 1. The van der Waals surface area contributed by atoms with Crippen LogP contribution in [0.4, 0.5) is 0 Å². The van der Waals surface area contributed by atoms with Gasteiger partial charge in [0.1, 0.15) is 12.2 Å². The van der Waals surface area contributed by atoms with Crippen LogP contribution < -0.4 is 0 Å². The third-order valence-electron chi connectivity index (χ3n) is 6.04. The number of benzene rings is 4. The summed E-state index contributed by atoms with van der Waals surface area (Å²) >= 11 is 37.8. The van der Waals surface area contributed by atoms with Crippen molar-refractivity contribution >= 4 is 159 Å². The van der Waals surface area contributed by atoms with Gasteiger partial charge in [0.25, 0.3) is 0 Å². The maximum atomic E-state index is 7.26. The van der Waals surface area contributed by atoms with Crippen LogP contribution in [0.2, 0.25) is 0 Å². The van der Waals surface area contributed by atoms with E-state index in [0.29, 0.717) is 0 Å². The minimum atomic E-state index is -0.457. The first-order valence-corrected chi connectivity index (χ1v) is 19.1. The summed E-state index contributed by atoms with van der Waals surface area (Å²) < 4.78 is 16.1. The van der Waals surface area contributed by atoms with E-state index in [2.05, 4.69) is 222 Å². The zero-order valence-electron chi connectivity index (χ0n) is 20.0. The summed E-state index contributed by atoms with van der Waals surface area (Å²) in [5.74, 6) is 0. The number of rotatable bonds is 6. The number of aryl methyl sites for hydroxylation is 2. The average Bonchev–Trinajstić information content (AvgIpc) is 2.92. The SMILES string of the molecule is Cc1ccc(C(OC(c2ccc(C)cc2)c2c(Br)c(Br)c(Br)c(Br)c2Br)c2c(Br)c(Br)c(Br)c(Br)c2Br)cc1. The lowest BCUT2D eigenvalue weighted by Gasteiger charge is -2.30. The Labute approximate surface area is 312 Å². The van der Waals surface area contributed by atoms with Crippen LogP contribution in [0, 0.1) is 13.8 Å². The maximum Gasteiger partial charge on any atom is 0.111 e. The zero-order chi connectivity index (χ0) is 28.8. The summed E-state index contributed by atoms with van der Waals surface area (Å²) in [5, 5.41) is 0. The highest BCUT2D eigenvalue weighted by Gasteiger charge is 2.33. The number of hydrogen-bond donors (Lipinski definition) is 0. The Morgan fingerprint density at radius 2 is 0.615 bits per heavy atom. The second-order valence-electron chi connectivity index (χ2n) is 8.68. The van der Waals surface area contributed by atoms with Crippen LogP contribution in [0.1, 0.15) is 45.6 Å². The molecule has 11 heteroatoms. The van der Waals surface area contributed by atoms with Gasteiger partial charge in [-0.3, -0.25) is 0 Å². The minimum absolute atomic E-state index is 0.457. The molecule has 0 bridgehead atoms. The van der Waals surface area contributed by atoms with Gasteiger partial charge in [0, 0.05) is 55.9 Å². The lowest BCUT2D eigenvalue weighted by Crippen LogP contribution is -2.16. The van der Waals surface area contributed by atoms with Gasteiger partial charge in [-0.15, -0.1) is 0 Å². The average molecular weight is 1170 g/mol. The summed E-state index contributed by atoms with van der Waals surface area (Å²) in [6.07, 6.45) is -0.914. The Balaban J connectivity index is 2.04. The van der Waals surface area contributed by atoms with E-state index in [9.17, 15) is 0 Å². The van der Waals surface area contributed by atoms with Crippen LogP contribution in [-0.2, 0) is 4.74 Å². The van der Waals surface area contributed by atoms with Crippen LogP contribution in [0.3, 0.4) is 0 Å². The summed E-state index contributed by atoms with van der Waals surface area (Å²) in [6.45, 7) is 4.16. The maximum absolute atomic E-state index is 7.26. The van der Waals surface area contributed by atoms with Crippen molar-refractivity contribution < 1.29 is 4.74 Å². The molecule has 2 unspecified atom stereocenters. The highest BCUT2D eigenvalue weighted by Crippen LogP contribution is 2.53. The van der Waals surface area contributed by atoms with Crippen molar-refractivity contribution in [2.75, 3.05) is 0 Å². The first-order valence-electron chi connectivity index (χ1n) is 11.2. The van der Waals surface area contributed by atoms with Crippen LogP contribution in [0.25, 0.3) is 0 Å². The van der Waals surface area contributed by atoms with E-state index < -0.39 is 12.2 Å². The van der Waals surface area contributed by atoms with Crippen molar-refractivity contribution in [1.82, 2.24) is 0 Å². The fraction of sp³-hybridized carbons (Fsp3) is 0.143. The van der Waals surface area contributed by atoms with Crippen molar-refractivity contribution in [2.45, 2.75) is 26.1 Å². The van der Waals surface area contributed by atoms with Crippen molar-refractivity contribution in [3.8, 4) is 0 Å². The predicted octanol–water partition coefficient (Wildman–Crippen LogP) is 14.8. The molecule has 0 aliphatic heterocycles. The molecule has 0 fully saturated rings. The van der Waals surface area contributed by atoms with Gasteiger partial charge in [-0.1, -0.05) is 59.7 Å². The molecule has 0 spiro atoms. The van der Waals surface area contributed by atoms with E-state index in [1.54, 1.807) is 0 Å². The summed E-state index contributed by atoms with van der Waals surface area (Å²) in [6, 6.07) is 16.9. The monoisotopic (exact) mass is 1160 g/mol. The first-order chi connectivity index (χ1) is 18.3. The van der Waals surface area contributed by atoms with Crippen molar-refractivity contribution in [3.05, 3.63) is 127 Å². The van der Waals surface area contributed by atoms with E-state index in [1.807, 2.05) is 0 Å². The predicted molar refractivity (Wildman–Crippen MR) is 197 cm³/mol. The van der Waals surface area contributed by atoms with E-state index in [-0.39, 0.29) is 0 Å². The van der Waals surface area contributed by atoms with Crippen LogP contribution >= 0.6 is 159 Å². The van der Waals surface area contributed by atoms with Gasteiger partial charge < -0.3 is 4.74 Å². The van der Waals surface area contributed by atoms with E-state index >= 15 is 0 Å². The molecule has 0 radical (unpaired) electrons. The van der Waals surface area contributed by atoms with Crippen molar-refractivity contribution in [2.24, 2.45) is 0 Å². The molecule has 0 N–H and O–H groups in total. The lowest BCUT2D eigenvalue weighted by atomic mass is 9.97. The molecule has 0 aromatic heterocycles. The Morgan fingerprint density at radius 3 is 0.872 bits per heavy atom. The Bertz CT molecular complexity index is 1370. The molecule has 0 amide bonds. The van der Waals surface area contributed by atoms with Gasteiger partial charge in [0.05, 0.1) is 0 Å². The quantitative estimate of drug-likeness (QED) is 0.138. The van der Waals surface area contributed by atoms with Crippen molar-refractivity contribution in [3.63, 3.8) is 0 Å². The van der Waals surface area contributed by atoms with E-state index in [0.717, 1.165) is 67.0 Å². The molecule has 0 heterocycles. The molecule has 4 rings (SSSR count). The second-order valence-corrected chi connectivity index (χ2v) is 16.6. The fourth-order valence-corrected chi connectivity index (χ4v) is 10.9. The highest BCUT2D eigenvalue weighted by atomic mass is 79.9. The molecule has 0 saturated heterocycles. The van der Waals surface area contributed by atoms with Crippen LogP contribution in [0.15, 0.2) is 93.3 Å². The van der Waals surface area contributed by atoms with Gasteiger partial charge in [0.2, 0.25) is 0 Å². The van der Waals surface area contributed by atoms with Crippen LogP contribution in [0.5, 0.6) is 0 Å². The second kappa shape index (κ2) is 14.2. The fourth-order valence-electron chi connectivity index (χ4n) is 3.95. The molecule has 1 nitrogen and oxygen atoms in total. The number of halogens is 10. The molecule has 4 aromatic rings. The van der Waals surface area contributed by atoms with Crippen LogP contribution in [-0.4, -0.2) is 0 Å². The lowest BCUT2D eigenvalue weighted by molar-refractivity contribution is 0.0291. The van der Waals surface area contributed by atoms with E-state index in [1.165, 1.54) is 11.1 Å². The highest BCUT2D eigenvalue weighted by molar-refractivity contribution is 9.16. The van der Waals surface area contributed by atoms with Gasteiger partial charge in [-0.25, -0.2) is 0 Å². The van der Waals surface area contributed by atoms with Gasteiger partial charge >= 0.3 is 0 Å². The Kier molecular flexibility index (Phi) is 12.2. The largest absolute Gasteiger partial charge is 0.356 e. The van der Waals surface area contributed by atoms with E-state index in [4.69, 9.17) is 4.74 Å². The van der Waals surface area contributed by atoms with Gasteiger partial charge in [-0.2, -0.15) is 0 Å². The molecule has 39 heavy (non-hydrogen) atoms. The summed E-state index contributed by atoms with van der Waals surface area (Å²) in [5.41, 5.74) is 6.27. The molecular weight excluding hydrogens is 1150 g/mol. The topological polar surface area (TPSA) is 9.23 Å². The smallest absolute Gasteiger partial charge is 0.111 e. The van der Waals surface area contributed by atoms with Gasteiger partial charge in [-0.05, 0) is 184 Å². The first kappa shape index (κ1) is 33.5. The molecule has 2 atom stereocenters. The molecule has 204 valence electrons. The molecule has 0 aliphatic carbocycles. The number of hydrogen-bond acceptors (Lipinski definition) is 1. The summed E-state index contributed by atoms with van der Waals surface area (Å²) in [7, 11) is 0. The zero-order valence-corrected chi connectivity index (χ0v) is 35.8. The summed E-state index contributed by atoms with van der Waals surface area (Å²) in [4.78, 5) is 0. The molecule has 0 aliphatic rings. The molecule has 0 saturated carbocycles. The third kappa shape index (κ3) is 6.99. The Hall–Kier alpha value is 1.64. The molecular formula is C28H16Br10O. The Morgan fingerprint density at radius 1 is 0.385 bits per heavy atom. The minimum Gasteiger partial charge on any atom is -0.356 e. The van der Waals surface area contributed by atoms with Gasteiger partial charge in [0.15, 0.2) is 0 Å². The normalized spacial score (nSPS) is 13.0. The molecule has 4 aromatic carbocycles. The standard InChI is InChI=1S/C28H16Br10O/c1-11-3-7-13(8-4-11)27(15-17(29)21(33)25(37)22(34)18(15)30)39-28(14-9-5-12(2)6-10-14)16-19(31)23(35)26(38)24(36)20(16)32/h3-10,27-28H,1-2H3.